The molecule has 0 unspecified atom stereocenters. The Hall–Kier alpha value is -1.88. The van der Waals surface area contributed by atoms with Gasteiger partial charge in [0, 0.05) is 20.1 Å². The average molecular weight is 293 g/mol. The van der Waals surface area contributed by atoms with Gasteiger partial charge in [0.2, 0.25) is 5.91 Å². The molecule has 0 spiro atoms. The van der Waals surface area contributed by atoms with Crippen molar-refractivity contribution in [1.82, 2.24) is 4.90 Å². The molecule has 21 heavy (non-hydrogen) atoms. The molecule has 1 N–H and O–H groups in total. The van der Waals surface area contributed by atoms with Crippen LogP contribution in [0.4, 0.5) is 0 Å². The molecular formula is C16H23NO4. The third-order valence-electron chi connectivity index (χ3n) is 3.22. The highest BCUT2D eigenvalue weighted by Crippen LogP contribution is 2.08. The van der Waals surface area contributed by atoms with Crippen LogP contribution in [0.3, 0.4) is 0 Å². The molecule has 5 nitrogen and oxygen atoms in total. The highest BCUT2D eigenvalue weighted by Gasteiger charge is 2.15. The van der Waals surface area contributed by atoms with Crippen LogP contribution in [0.2, 0.25) is 0 Å². The van der Waals surface area contributed by atoms with Gasteiger partial charge in [-0.1, -0.05) is 29.8 Å². The Morgan fingerprint density at radius 3 is 2.48 bits per heavy atom. The maximum absolute atomic E-state index is 12.0. The highest BCUT2D eigenvalue weighted by atomic mass is 16.5. The van der Waals surface area contributed by atoms with Gasteiger partial charge >= 0.3 is 5.97 Å². The molecule has 0 bridgehead atoms. The number of methoxy groups -OCH3 is 1. The van der Waals surface area contributed by atoms with Gasteiger partial charge in [-0.15, -0.1) is 0 Å². The van der Waals surface area contributed by atoms with E-state index >= 15 is 0 Å². The van der Waals surface area contributed by atoms with E-state index in [1.807, 2.05) is 19.1 Å². The molecule has 0 aromatic heterocycles. The summed E-state index contributed by atoms with van der Waals surface area (Å²) in [6.45, 7) is 2.42. The van der Waals surface area contributed by atoms with Gasteiger partial charge in [0.25, 0.3) is 0 Å². The average Bonchev–Trinajstić information content (AvgIpc) is 2.45. The molecule has 0 aliphatic rings. The zero-order chi connectivity index (χ0) is 15.7. The summed E-state index contributed by atoms with van der Waals surface area (Å²) >= 11 is 0. The van der Waals surface area contributed by atoms with E-state index in [1.54, 1.807) is 0 Å². The summed E-state index contributed by atoms with van der Waals surface area (Å²) in [7, 11) is 1.53. The summed E-state index contributed by atoms with van der Waals surface area (Å²) < 4.78 is 4.90. The number of carbonyl (C=O) groups excluding carboxylic acids is 1. The topological polar surface area (TPSA) is 66.8 Å². The van der Waals surface area contributed by atoms with Crippen LogP contribution in [0.25, 0.3) is 0 Å². The van der Waals surface area contributed by atoms with Crippen LogP contribution >= 0.6 is 0 Å². The molecule has 0 saturated carbocycles. The second kappa shape index (κ2) is 9.13. The number of amides is 1. The normalized spacial score (nSPS) is 10.4. The monoisotopic (exact) mass is 293 g/mol. The number of ether oxygens (including phenoxy) is 1. The number of carboxylic acid groups (broad SMARTS) is 1. The second-order valence-corrected chi connectivity index (χ2v) is 5.04. The molecule has 0 aliphatic heterocycles. The van der Waals surface area contributed by atoms with Gasteiger partial charge in [0.15, 0.2) is 0 Å². The minimum absolute atomic E-state index is 0.137. The smallest absolute Gasteiger partial charge is 0.323 e. The van der Waals surface area contributed by atoms with Crippen molar-refractivity contribution >= 4 is 11.9 Å². The number of carbonyl (C=O) groups is 2. The van der Waals surface area contributed by atoms with Crippen molar-refractivity contribution in [3.8, 4) is 0 Å². The lowest BCUT2D eigenvalue weighted by atomic mass is 10.1. The lowest BCUT2D eigenvalue weighted by Gasteiger charge is -2.20. The van der Waals surface area contributed by atoms with E-state index in [1.165, 1.54) is 23.1 Å². The van der Waals surface area contributed by atoms with Crippen LogP contribution in [0.1, 0.15) is 24.0 Å². The Morgan fingerprint density at radius 2 is 1.90 bits per heavy atom. The number of rotatable bonds is 9. The molecule has 0 radical (unpaired) electrons. The molecule has 0 aliphatic carbocycles. The Kier molecular flexibility index (Phi) is 7.46. The summed E-state index contributed by atoms with van der Waals surface area (Å²) in [4.78, 5) is 24.1. The Morgan fingerprint density at radius 1 is 1.24 bits per heavy atom. The van der Waals surface area contributed by atoms with Crippen LogP contribution in [-0.4, -0.2) is 48.7 Å². The van der Waals surface area contributed by atoms with Crippen molar-refractivity contribution < 1.29 is 19.4 Å². The number of benzene rings is 1. The first-order valence-corrected chi connectivity index (χ1v) is 7.07. The van der Waals surface area contributed by atoms with E-state index in [0.717, 1.165) is 6.42 Å². The van der Waals surface area contributed by atoms with E-state index in [0.29, 0.717) is 26.0 Å². The van der Waals surface area contributed by atoms with Crippen molar-refractivity contribution in [2.75, 3.05) is 26.8 Å². The second-order valence-electron chi connectivity index (χ2n) is 5.04. The molecule has 1 aromatic carbocycles. The number of aryl methyl sites for hydroxylation is 2. The van der Waals surface area contributed by atoms with Crippen LogP contribution < -0.4 is 0 Å². The predicted octanol–water partition coefficient (Wildman–Crippen LogP) is 1.88. The summed E-state index contributed by atoms with van der Waals surface area (Å²) in [5, 5.41) is 8.83. The minimum Gasteiger partial charge on any atom is -0.480 e. The van der Waals surface area contributed by atoms with E-state index in [9.17, 15) is 9.59 Å². The lowest BCUT2D eigenvalue weighted by Crippen LogP contribution is -2.37. The van der Waals surface area contributed by atoms with Crippen LogP contribution in [0.5, 0.6) is 0 Å². The van der Waals surface area contributed by atoms with Gasteiger partial charge in [-0.2, -0.15) is 0 Å². The predicted molar refractivity (Wildman–Crippen MR) is 80.2 cm³/mol. The number of carboxylic acids is 1. The lowest BCUT2D eigenvalue weighted by molar-refractivity contribution is -0.144. The number of aliphatic carboxylic acids is 1. The zero-order valence-corrected chi connectivity index (χ0v) is 12.7. The SMILES string of the molecule is COCCN(CC(=O)O)C(=O)CCCc1ccc(C)cc1. The Labute approximate surface area is 125 Å². The van der Waals surface area contributed by atoms with Crippen molar-refractivity contribution in [2.24, 2.45) is 0 Å². The first-order valence-electron chi connectivity index (χ1n) is 7.07. The molecular weight excluding hydrogens is 270 g/mol. The number of hydrogen-bond acceptors (Lipinski definition) is 3. The van der Waals surface area contributed by atoms with Gasteiger partial charge in [-0.05, 0) is 25.3 Å². The van der Waals surface area contributed by atoms with Crippen molar-refractivity contribution in [2.45, 2.75) is 26.2 Å². The van der Waals surface area contributed by atoms with Gasteiger partial charge in [-0.3, -0.25) is 9.59 Å². The van der Waals surface area contributed by atoms with Crippen molar-refractivity contribution in [3.63, 3.8) is 0 Å². The third-order valence-corrected chi connectivity index (χ3v) is 3.22. The summed E-state index contributed by atoms with van der Waals surface area (Å²) in [6, 6.07) is 8.21. The van der Waals surface area contributed by atoms with Crippen LogP contribution in [0, 0.1) is 6.92 Å². The van der Waals surface area contributed by atoms with Crippen molar-refractivity contribution in [1.29, 1.82) is 0 Å². The summed E-state index contributed by atoms with van der Waals surface area (Å²) in [6.07, 6.45) is 1.88. The van der Waals surface area contributed by atoms with Gasteiger partial charge < -0.3 is 14.7 Å². The molecule has 1 aromatic rings. The largest absolute Gasteiger partial charge is 0.480 e. The van der Waals surface area contributed by atoms with E-state index in [2.05, 4.69) is 12.1 Å². The maximum Gasteiger partial charge on any atom is 0.323 e. The zero-order valence-electron chi connectivity index (χ0n) is 12.7. The molecule has 5 heteroatoms. The Bertz CT molecular complexity index is 456. The fraction of sp³-hybridized carbons (Fsp3) is 0.500. The third kappa shape index (κ3) is 6.90. The molecule has 116 valence electrons. The molecule has 0 saturated heterocycles. The van der Waals surface area contributed by atoms with E-state index in [-0.39, 0.29) is 12.5 Å². The Balaban J connectivity index is 2.41. The van der Waals surface area contributed by atoms with Crippen LogP contribution in [0.15, 0.2) is 24.3 Å². The van der Waals surface area contributed by atoms with Gasteiger partial charge in [-0.25, -0.2) is 0 Å². The molecule has 1 amide bonds. The first-order chi connectivity index (χ1) is 10.0. The molecule has 0 fully saturated rings. The highest BCUT2D eigenvalue weighted by molar-refractivity contribution is 5.81. The quantitative estimate of drug-likeness (QED) is 0.755. The minimum atomic E-state index is -1.00. The summed E-state index contributed by atoms with van der Waals surface area (Å²) in [5.74, 6) is -1.14. The maximum atomic E-state index is 12.0. The van der Waals surface area contributed by atoms with Crippen molar-refractivity contribution in [3.05, 3.63) is 35.4 Å². The van der Waals surface area contributed by atoms with Gasteiger partial charge in [0.1, 0.15) is 6.54 Å². The van der Waals surface area contributed by atoms with Crippen LogP contribution in [-0.2, 0) is 20.7 Å². The number of hydrogen-bond donors (Lipinski definition) is 1. The fourth-order valence-electron chi connectivity index (χ4n) is 2.01. The molecule has 0 atom stereocenters. The molecule has 0 heterocycles. The van der Waals surface area contributed by atoms with E-state index in [4.69, 9.17) is 9.84 Å². The standard InChI is InChI=1S/C16H23NO4/c1-13-6-8-14(9-7-13)4-3-5-15(18)17(10-11-21-2)12-16(19)20/h6-9H,3-5,10-12H2,1-2H3,(H,19,20). The van der Waals surface area contributed by atoms with Gasteiger partial charge in [0.05, 0.1) is 6.61 Å². The summed E-state index contributed by atoms with van der Waals surface area (Å²) in [5.41, 5.74) is 2.40. The first kappa shape index (κ1) is 17.2. The fourth-order valence-corrected chi connectivity index (χ4v) is 2.01. The van der Waals surface area contributed by atoms with E-state index < -0.39 is 5.97 Å². The molecule has 1 rings (SSSR count). The number of nitrogens with zero attached hydrogens (tertiary/aromatic N) is 1.